The molecule has 0 bridgehead atoms. The highest BCUT2D eigenvalue weighted by atomic mass is 19.1. The van der Waals surface area contributed by atoms with Gasteiger partial charge in [0.25, 0.3) is 0 Å². The molecule has 0 spiro atoms. The van der Waals surface area contributed by atoms with E-state index in [9.17, 15) is 13.6 Å². The highest BCUT2D eigenvalue weighted by Gasteiger charge is 2.20. The first-order valence-corrected chi connectivity index (χ1v) is 7.03. The monoisotopic (exact) mass is 314 g/mol. The van der Waals surface area contributed by atoms with E-state index in [4.69, 9.17) is 0 Å². The minimum absolute atomic E-state index is 0.117. The topological polar surface area (TPSA) is 68.6 Å². The number of rotatable bonds is 2. The Balaban J connectivity index is 1.86. The number of ketones is 1. The number of carbonyl (C=O) groups is 1. The Morgan fingerprint density at radius 3 is 1.65 bits per heavy atom. The Labute approximate surface area is 130 Å². The van der Waals surface area contributed by atoms with Gasteiger partial charge in [-0.1, -0.05) is 0 Å². The van der Waals surface area contributed by atoms with Crippen LogP contribution in [0.1, 0.15) is 30.7 Å². The van der Waals surface area contributed by atoms with Crippen LogP contribution in [0.25, 0.3) is 12.2 Å². The highest BCUT2D eigenvalue weighted by molar-refractivity contribution is 6.13. The molecule has 7 heteroatoms. The summed E-state index contributed by atoms with van der Waals surface area (Å²) < 4.78 is 25.5. The zero-order chi connectivity index (χ0) is 16.2. The molecule has 0 aromatic carbocycles. The summed E-state index contributed by atoms with van der Waals surface area (Å²) in [6.07, 6.45) is 9.81. The van der Waals surface area contributed by atoms with Gasteiger partial charge in [0.1, 0.15) is 0 Å². The lowest BCUT2D eigenvalue weighted by Crippen LogP contribution is -2.12. The summed E-state index contributed by atoms with van der Waals surface area (Å²) in [5.41, 5.74) is 2.02. The minimum Gasteiger partial charge on any atom is -0.289 e. The molecule has 0 unspecified atom stereocenters. The first-order chi connectivity index (χ1) is 11.1. The molecular weight excluding hydrogens is 302 g/mol. The third kappa shape index (κ3) is 3.68. The molecule has 0 radical (unpaired) electrons. The van der Waals surface area contributed by atoms with Crippen LogP contribution in [0, 0.1) is 11.9 Å². The largest absolute Gasteiger partial charge is 0.289 e. The zero-order valence-electron chi connectivity index (χ0n) is 12.0. The van der Waals surface area contributed by atoms with E-state index in [0.717, 1.165) is 18.8 Å². The third-order valence-corrected chi connectivity index (χ3v) is 3.40. The van der Waals surface area contributed by atoms with E-state index in [2.05, 4.69) is 19.9 Å². The van der Waals surface area contributed by atoms with Crippen molar-refractivity contribution >= 4 is 17.9 Å². The number of hydrogen-bond acceptors (Lipinski definition) is 5. The maximum Gasteiger partial charge on any atom is 0.231 e. The Bertz CT molecular complexity index is 717. The Morgan fingerprint density at radius 2 is 1.26 bits per heavy atom. The molecule has 2 heterocycles. The fourth-order valence-electron chi connectivity index (χ4n) is 2.33. The smallest absolute Gasteiger partial charge is 0.231 e. The van der Waals surface area contributed by atoms with Gasteiger partial charge < -0.3 is 0 Å². The van der Waals surface area contributed by atoms with Crippen LogP contribution in [0.4, 0.5) is 8.78 Å². The quantitative estimate of drug-likeness (QED) is 0.797. The molecule has 3 rings (SSSR count). The molecule has 5 nitrogen and oxygen atoms in total. The van der Waals surface area contributed by atoms with E-state index in [1.165, 1.54) is 12.4 Å². The molecule has 0 saturated heterocycles. The average Bonchev–Trinajstić information content (AvgIpc) is 2.55. The first-order valence-electron chi connectivity index (χ1n) is 7.03. The number of aromatic nitrogens is 4. The van der Waals surface area contributed by atoms with Crippen molar-refractivity contribution in [2.24, 2.45) is 0 Å². The SMILES string of the molecule is O=C1C(=Cc2cnc(F)cn2)CCCC1=Cc1cnc(F)cn1. The van der Waals surface area contributed by atoms with E-state index in [-0.39, 0.29) is 5.78 Å². The van der Waals surface area contributed by atoms with E-state index >= 15 is 0 Å². The number of hydrogen-bond donors (Lipinski definition) is 0. The van der Waals surface area contributed by atoms with E-state index in [1.54, 1.807) is 12.2 Å². The van der Waals surface area contributed by atoms with Crippen LogP contribution in [0.5, 0.6) is 0 Å². The molecule has 23 heavy (non-hydrogen) atoms. The van der Waals surface area contributed by atoms with Crippen molar-refractivity contribution in [2.75, 3.05) is 0 Å². The van der Waals surface area contributed by atoms with Gasteiger partial charge in [-0.15, -0.1) is 0 Å². The van der Waals surface area contributed by atoms with Gasteiger partial charge >= 0.3 is 0 Å². The molecule has 2 aromatic rings. The molecular formula is C16H12F2N4O. The number of Topliss-reactive ketones (excluding diaryl/α,β-unsaturated/α-hetero) is 1. The number of carbonyl (C=O) groups excluding carboxylic acids is 1. The minimum atomic E-state index is -0.669. The molecule has 0 N–H and O–H groups in total. The van der Waals surface area contributed by atoms with Crippen LogP contribution < -0.4 is 0 Å². The Morgan fingerprint density at radius 1 is 0.783 bits per heavy atom. The van der Waals surface area contributed by atoms with Crippen LogP contribution in [0.3, 0.4) is 0 Å². The number of nitrogens with zero attached hydrogens (tertiary/aromatic N) is 4. The van der Waals surface area contributed by atoms with Crippen molar-refractivity contribution in [3.63, 3.8) is 0 Å². The van der Waals surface area contributed by atoms with Crippen molar-refractivity contribution in [1.82, 2.24) is 19.9 Å². The van der Waals surface area contributed by atoms with Crippen LogP contribution >= 0.6 is 0 Å². The predicted molar refractivity (Wildman–Crippen MR) is 78.8 cm³/mol. The maximum absolute atomic E-state index is 12.8. The summed E-state index contributed by atoms with van der Waals surface area (Å²) in [5.74, 6) is -1.45. The van der Waals surface area contributed by atoms with E-state index in [0.29, 0.717) is 35.4 Å². The molecule has 1 saturated carbocycles. The highest BCUT2D eigenvalue weighted by Crippen LogP contribution is 2.27. The molecule has 1 aliphatic rings. The van der Waals surface area contributed by atoms with Gasteiger partial charge in [0, 0.05) is 11.1 Å². The summed E-state index contributed by atoms with van der Waals surface area (Å²) in [4.78, 5) is 27.3. The molecule has 2 aromatic heterocycles. The van der Waals surface area contributed by atoms with Crippen LogP contribution in [-0.2, 0) is 4.79 Å². The number of halogens is 2. The van der Waals surface area contributed by atoms with Gasteiger partial charge in [0.15, 0.2) is 5.78 Å². The predicted octanol–water partition coefficient (Wildman–Crippen LogP) is 2.76. The first kappa shape index (κ1) is 15.1. The second-order valence-corrected chi connectivity index (χ2v) is 5.05. The summed E-state index contributed by atoms with van der Waals surface area (Å²) >= 11 is 0. The Kier molecular flexibility index (Phi) is 4.27. The normalized spacial score (nSPS) is 18.6. The van der Waals surface area contributed by atoms with Crippen LogP contribution in [-0.4, -0.2) is 25.7 Å². The summed E-state index contributed by atoms with van der Waals surface area (Å²) in [5, 5.41) is 0. The second-order valence-electron chi connectivity index (χ2n) is 5.05. The van der Waals surface area contributed by atoms with Crippen molar-refractivity contribution in [1.29, 1.82) is 0 Å². The molecule has 0 amide bonds. The van der Waals surface area contributed by atoms with Crippen LogP contribution in [0.15, 0.2) is 35.9 Å². The van der Waals surface area contributed by atoms with Gasteiger partial charge in [0.2, 0.25) is 11.9 Å². The van der Waals surface area contributed by atoms with Crippen molar-refractivity contribution in [3.05, 3.63) is 59.2 Å². The summed E-state index contributed by atoms with van der Waals surface area (Å²) in [6.45, 7) is 0. The van der Waals surface area contributed by atoms with Crippen LogP contribution in [0.2, 0.25) is 0 Å². The van der Waals surface area contributed by atoms with Crippen molar-refractivity contribution < 1.29 is 13.6 Å². The standard InChI is InChI=1S/C16H12F2N4O/c17-14-8-19-12(6-21-14)4-10-2-1-3-11(16(10)23)5-13-7-22-15(18)9-20-13/h4-9H,1-3H2. The van der Waals surface area contributed by atoms with Gasteiger partial charge in [0.05, 0.1) is 36.2 Å². The maximum atomic E-state index is 12.8. The van der Waals surface area contributed by atoms with Gasteiger partial charge in [-0.05, 0) is 31.4 Å². The van der Waals surface area contributed by atoms with Gasteiger partial charge in [-0.25, -0.2) is 9.97 Å². The third-order valence-electron chi connectivity index (χ3n) is 3.40. The summed E-state index contributed by atoms with van der Waals surface area (Å²) in [6, 6.07) is 0. The lowest BCUT2D eigenvalue weighted by atomic mass is 9.88. The second kappa shape index (κ2) is 6.51. The molecule has 116 valence electrons. The van der Waals surface area contributed by atoms with E-state index < -0.39 is 11.9 Å². The Hall–Kier alpha value is -2.83. The molecule has 1 fully saturated rings. The fraction of sp³-hybridized carbons (Fsp3) is 0.188. The number of allylic oxidation sites excluding steroid dienone is 2. The summed E-state index contributed by atoms with van der Waals surface area (Å²) in [7, 11) is 0. The average molecular weight is 314 g/mol. The van der Waals surface area contributed by atoms with E-state index in [1.807, 2.05) is 0 Å². The van der Waals surface area contributed by atoms with Crippen molar-refractivity contribution in [2.45, 2.75) is 19.3 Å². The van der Waals surface area contributed by atoms with Gasteiger partial charge in [-0.3, -0.25) is 14.8 Å². The lowest BCUT2D eigenvalue weighted by Gasteiger charge is -2.16. The molecule has 0 atom stereocenters. The molecule has 0 aliphatic heterocycles. The molecule has 1 aliphatic carbocycles. The van der Waals surface area contributed by atoms with Gasteiger partial charge in [-0.2, -0.15) is 8.78 Å². The fourth-order valence-corrected chi connectivity index (χ4v) is 2.33. The zero-order valence-corrected chi connectivity index (χ0v) is 12.0. The van der Waals surface area contributed by atoms with Crippen molar-refractivity contribution in [3.8, 4) is 0 Å². The lowest BCUT2D eigenvalue weighted by molar-refractivity contribution is -0.112.